The third kappa shape index (κ3) is 2.93. The van der Waals surface area contributed by atoms with Crippen molar-refractivity contribution >= 4 is 17.1 Å². The topological polar surface area (TPSA) is 80.5 Å². The molecule has 0 bridgehead atoms. The van der Waals surface area contributed by atoms with Crippen molar-refractivity contribution < 1.29 is 14.6 Å². The van der Waals surface area contributed by atoms with Gasteiger partial charge in [-0.1, -0.05) is 19.3 Å². The Morgan fingerprint density at radius 2 is 1.93 bits per heavy atom. The van der Waals surface area contributed by atoms with Crippen LogP contribution in [0, 0.1) is 6.92 Å². The van der Waals surface area contributed by atoms with E-state index in [0.717, 1.165) is 48.8 Å². The molecular weight excluding hydrogens is 368 g/mol. The number of aromatic nitrogens is 3. The van der Waals surface area contributed by atoms with E-state index in [2.05, 4.69) is 15.6 Å². The van der Waals surface area contributed by atoms with Gasteiger partial charge in [-0.2, -0.15) is 0 Å². The van der Waals surface area contributed by atoms with E-state index >= 15 is 0 Å². The maximum Gasteiger partial charge on any atom is 0.413 e. The Morgan fingerprint density at radius 3 is 2.55 bits per heavy atom. The van der Waals surface area contributed by atoms with Crippen molar-refractivity contribution in [1.82, 2.24) is 19.4 Å². The lowest BCUT2D eigenvalue weighted by molar-refractivity contribution is -0.204. The van der Waals surface area contributed by atoms with E-state index in [-0.39, 0.29) is 6.04 Å². The van der Waals surface area contributed by atoms with Gasteiger partial charge in [0.2, 0.25) is 0 Å². The normalized spacial score (nSPS) is 26.6. The van der Waals surface area contributed by atoms with Crippen molar-refractivity contribution in [2.45, 2.75) is 96.6 Å². The van der Waals surface area contributed by atoms with Gasteiger partial charge in [-0.15, -0.1) is 0 Å². The molecule has 1 aliphatic carbocycles. The van der Waals surface area contributed by atoms with Gasteiger partial charge < -0.3 is 14.4 Å². The number of amides is 1. The molecule has 1 aliphatic heterocycles. The van der Waals surface area contributed by atoms with Crippen LogP contribution in [-0.4, -0.2) is 42.0 Å². The second-order valence-electron chi connectivity index (χ2n) is 9.74. The van der Waals surface area contributed by atoms with Crippen LogP contribution in [0.5, 0.6) is 0 Å². The summed E-state index contributed by atoms with van der Waals surface area (Å²) in [5, 5.41) is 12.9. The van der Waals surface area contributed by atoms with Crippen LogP contribution in [-0.2, 0) is 10.3 Å². The second kappa shape index (κ2) is 6.42. The molecule has 4 rings (SSSR count). The molecule has 7 nitrogen and oxygen atoms in total. The largest absolute Gasteiger partial charge is 0.444 e. The lowest BCUT2D eigenvalue weighted by Gasteiger charge is -2.58. The van der Waals surface area contributed by atoms with Crippen LogP contribution >= 0.6 is 0 Å². The Kier molecular flexibility index (Phi) is 4.46. The lowest BCUT2D eigenvalue weighted by atomic mass is 9.71. The van der Waals surface area contributed by atoms with Crippen LogP contribution in [0.3, 0.4) is 0 Å². The molecule has 0 radical (unpaired) electrons. The van der Waals surface area contributed by atoms with Crippen LogP contribution < -0.4 is 0 Å². The number of aryl methyl sites for hydroxylation is 1. The zero-order valence-electron chi connectivity index (χ0n) is 18.3. The molecular formula is C22H32N4O3. The van der Waals surface area contributed by atoms with Gasteiger partial charge in [-0.05, 0) is 60.5 Å². The summed E-state index contributed by atoms with van der Waals surface area (Å²) in [4.78, 5) is 23.9. The highest BCUT2D eigenvalue weighted by atomic mass is 16.6. The molecule has 0 saturated heterocycles. The standard InChI is InChI=1S/C22H32N4O3/c1-14-17-12-16-13-23-15(2)24-18(16)26(17)22(10-8-7-9-11-22)21(6,28)25(14)19(27)29-20(3,4)5/h12-14,28H,7-11H2,1-6H3. The summed E-state index contributed by atoms with van der Waals surface area (Å²) >= 11 is 0. The summed E-state index contributed by atoms with van der Waals surface area (Å²) in [5.41, 5.74) is -0.886. The highest BCUT2D eigenvalue weighted by Crippen LogP contribution is 2.53. The van der Waals surface area contributed by atoms with Gasteiger partial charge in [0.15, 0.2) is 5.72 Å². The minimum Gasteiger partial charge on any atom is -0.444 e. The summed E-state index contributed by atoms with van der Waals surface area (Å²) in [6, 6.07) is 1.70. The Balaban J connectivity index is 1.97. The SMILES string of the molecule is Cc1ncc2cc3n(c2n1)C1(CCCCC1)C(C)(O)N(C(=O)OC(C)(C)C)C3C. The molecule has 1 spiro atoms. The third-order valence-electron chi connectivity index (χ3n) is 6.55. The van der Waals surface area contributed by atoms with E-state index in [9.17, 15) is 9.90 Å². The average molecular weight is 401 g/mol. The first kappa shape index (κ1) is 20.1. The molecule has 2 aromatic heterocycles. The molecule has 0 aromatic carbocycles. The molecule has 2 aliphatic rings. The van der Waals surface area contributed by atoms with E-state index in [1.54, 1.807) is 6.92 Å². The van der Waals surface area contributed by atoms with Crippen molar-refractivity contribution in [3.05, 3.63) is 23.8 Å². The predicted molar refractivity (Wildman–Crippen MR) is 110 cm³/mol. The van der Waals surface area contributed by atoms with Crippen molar-refractivity contribution in [3.8, 4) is 0 Å². The Bertz CT molecular complexity index is 951. The fraction of sp³-hybridized carbons (Fsp3) is 0.682. The van der Waals surface area contributed by atoms with Crippen LogP contribution in [0.1, 0.15) is 84.3 Å². The molecule has 7 heteroatoms. The molecule has 2 atom stereocenters. The van der Waals surface area contributed by atoms with Gasteiger partial charge >= 0.3 is 6.09 Å². The molecule has 1 N–H and O–H groups in total. The lowest BCUT2D eigenvalue weighted by Crippen LogP contribution is -2.69. The molecule has 2 aromatic rings. The first-order chi connectivity index (χ1) is 13.5. The predicted octanol–water partition coefficient (Wildman–Crippen LogP) is 4.42. The van der Waals surface area contributed by atoms with Gasteiger partial charge in [-0.3, -0.25) is 4.90 Å². The molecule has 1 fully saturated rings. The smallest absolute Gasteiger partial charge is 0.413 e. The van der Waals surface area contributed by atoms with E-state index in [4.69, 9.17) is 9.72 Å². The van der Waals surface area contributed by atoms with Gasteiger partial charge in [0, 0.05) is 17.3 Å². The van der Waals surface area contributed by atoms with Gasteiger partial charge in [0.1, 0.15) is 17.1 Å². The first-order valence-corrected chi connectivity index (χ1v) is 10.6. The van der Waals surface area contributed by atoms with Crippen LogP contribution in [0.15, 0.2) is 12.3 Å². The Labute approximate surface area is 172 Å². The number of aliphatic hydroxyl groups is 1. The molecule has 2 unspecified atom stereocenters. The highest BCUT2D eigenvalue weighted by Gasteiger charge is 2.60. The zero-order valence-corrected chi connectivity index (χ0v) is 18.3. The minimum atomic E-state index is -1.41. The summed E-state index contributed by atoms with van der Waals surface area (Å²) in [5.74, 6) is 0.700. The zero-order chi connectivity index (χ0) is 21.2. The first-order valence-electron chi connectivity index (χ1n) is 10.6. The summed E-state index contributed by atoms with van der Waals surface area (Å²) in [7, 11) is 0. The number of carbonyl (C=O) groups is 1. The van der Waals surface area contributed by atoms with Crippen molar-refractivity contribution in [2.24, 2.45) is 0 Å². The summed E-state index contributed by atoms with van der Waals surface area (Å²) in [6.45, 7) is 11.1. The van der Waals surface area contributed by atoms with Crippen molar-refractivity contribution in [1.29, 1.82) is 0 Å². The minimum absolute atomic E-state index is 0.359. The van der Waals surface area contributed by atoms with Crippen LogP contribution in [0.2, 0.25) is 0 Å². The number of nitrogens with zero attached hydrogens (tertiary/aromatic N) is 4. The second-order valence-corrected chi connectivity index (χ2v) is 9.74. The van der Waals surface area contributed by atoms with E-state index < -0.39 is 23.0 Å². The van der Waals surface area contributed by atoms with Gasteiger partial charge in [0.25, 0.3) is 0 Å². The molecule has 1 amide bonds. The Morgan fingerprint density at radius 1 is 1.28 bits per heavy atom. The fourth-order valence-electron chi connectivity index (χ4n) is 5.28. The summed E-state index contributed by atoms with van der Waals surface area (Å²) < 4.78 is 7.93. The fourth-order valence-corrected chi connectivity index (χ4v) is 5.28. The van der Waals surface area contributed by atoms with Crippen molar-refractivity contribution in [2.75, 3.05) is 0 Å². The average Bonchev–Trinajstić information content (AvgIpc) is 2.99. The van der Waals surface area contributed by atoms with Crippen LogP contribution in [0.4, 0.5) is 4.79 Å². The Hall–Kier alpha value is -2.15. The number of hydrogen-bond donors (Lipinski definition) is 1. The van der Waals surface area contributed by atoms with E-state index in [0.29, 0.717) is 5.82 Å². The maximum atomic E-state index is 13.3. The monoisotopic (exact) mass is 400 g/mol. The molecule has 1 saturated carbocycles. The molecule has 3 heterocycles. The number of hydrogen-bond acceptors (Lipinski definition) is 5. The molecule has 158 valence electrons. The number of ether oxygens (including phenoxy) is 1. The van der Waals surface area contributed by atoms with Crippen LogP contribution in [0.25, 0.3) is 11.0 Å². The number of fused-ring (bicyclic) bond motifs is 4. The van der Waals surface area contributed by atoms with E-state index in [1.807, 2.05) is 40.8 Å². The van der Waals surface area contributed by atoms with E-state index in [1.165, 1.54) is 4.90 Å². The molecule has 29 heavy (non-hydrogen) atoms. The van der Waals surface area contributed by atoms with Crippen molar-refractivity contribution in [3.63, 3.8) is 0 Å². The number of rotatable bonds is 0. The number of carbonyl (C=O) groups excluding carboxylic acids is 1. The summed E-state index contributed by atoms with van der Waals surface area (Å²) in [6.07, 6.45) is 6.03. The quantitative estimate of drug-likeness (QED) is 0.708. The third-order valence-corrected chi connectivity index (χ3v) is 6.55. The maximum absolute atomic E-state index is 13.3. The van der Waals surface area contributed by atoms with Gasteiger partial charge in [-0.25, -0.2) is 14.8 Å². The highest BCUT2D eigenvalue weighted by molar-refractivity contribution is 5.79. The van der Waals surface area contributed by atoms with Gasteiger partial charge in [0.05, 0.1) is 11.6 Å².